The van der Waals surface area contributed by atoms with Crippen molar-refractivity contribution in [1.29, 1.82) is 0 Å². The molecule has 1 aliphatic carbocycles. The second kappa shape index (κ2) is 11.6. The maximum atomic E-state index is 5.47. The molecule has 0 spiro atoms. The lowest BCUT2D eigenvalue weighted by atomic mass is 10.0. The van der Waals surface area contributed by atoms with E-state index in [9.17, 15) is 0 Å². The number of nitrogens with zero attached hydrogens (tertiary/aromatic N) is 2. The predicted octanol–water partition coefficient (Wildman–Crippen LogP) is 4.25. The van der Waals surface area contributed by atoms with E-state index in [2.05, 4.69) is 40.7 Å². The quantitative estimate of drug-likeness (QED) is 0.251. The maximum Gasteiger partial charge on any atom is 0.191 e. The number of aromatic nitrogens is 1. The van der Waals surface area contributed by atoms with E-state index in [-0.39, 0.29) is 24.0 Å². The topological polar surface area (TPSA) is 58.5 Å². The summed E-state index contributed by atoms with van der Waals surface area (Å²) in [5.74, 6) is 1.72. The van der Waals surface area contributed by atoms with Crippen molar-refractivity contribution in [2.75, 3.05) is 20.7 Å². The van der Waals surface area contributed by atoms with Crippen molar-refractivity contribution in [2.45, 2.75) is 52.0 Å². The van der Waals surface area contributed by atoms with Crippen molar-refractivity contribution < 1.29 is 4.74 Å². The molecule has 2 N–H and O–H groups in total. The second-order valence-corrected chi connectivity index (χ2v) is 8.12. The van der Waals surface area contributed by atoms with E-state index >= 15 is 0 Å². The Bertz CT molecular complexity index is 767. The number of ether oxygens (including phenoxy) is 1. The first kappa shape index (κ1) is 22.9. The number of aryl methyl sites for hydroxylation is 4. The molecule has 1 heterocycles. The van der Waals surface area contributed by atoms with Crippen LogP contribution in [0.5, 0.6) is 5.75 Å². The van der Waals surface area contributed by atoms with Crippen molar-refractivity contribution in [3.63, 3.8) is 0 Å². The molecule has 0 bridgehead atoms. The number of nitrogens with one attached hydrogen (secondary N) is 2. The molecule has 154 valence electrons. The average molecular weight is 514 g/mol. The number of thiazole rings is 1. The first-order valence-electron chi connectivity index (χ1n) is 9.75. The van der Waals surface area contributed by atoms with E-state index in [1.54, 1.807) is 14.2 Å². The van der Waals surface area contributed by atoms with Crippen molar-refractivity contribution >= 4 is 41.3 Å². The van der Waals surface area contributed by atoms with E-state index in [1.807, 2.05) is 11.3 Å². The molecule has 0 fully saturated rings. The Morgan fingerprint density at radius 3 is 2.82 bits per heavy atom. The van der Waals surface area contributed by atoms with E-state index in [4.69, 9.17) is 9.72 Å². The van der Waals surface area contributed by atoms with Gasteiger partial charge in [-0.25, -0.2) is 4.98 Å². The van der Waals surface area contributed by atoms with Gasteiger partial charge >= 0.3 is 0 Å². The van der Waals surface area contributed by atoms with E-state index in [0.717, 1.165) is 36.7 Å². The van der Waals surface area contributed by atoms with Gasteiger partial charge in [0, 0.05) is 37.0 Å². The van der Waals surface area contributed by atoms with Crippen LogP contribution in [0.2, 0.25) is 0 Å². The highest BCUT2D eigenvalue weighted by Crippen LogP contribution is 2.27. The Labute approximate surface area is 189 Å². The second-order valence-electron chi connectivity index (χ2n) is 6.96. The van der Waals surface area contributed by atoms with Crippen molar-refractivity contribution in [2.24, 2.45) is 4.99 Å². The number of aliphatic imine (C=N–C) groups is 1. The fourth-order valence-corrected chi connectivity index (χ4v) is 4.55. The molecule has 0 radical (unpaired) electrons. The molecule has 0 saturated heterocycles. The monoisotopic (exact) mass is 514 g/mol. The zero-order chi connectivity index (χ0) is 19.1. The highest BCUT2D eigenvalue weighted by Gasteiger charge is 2.14. The van der Waals surface area contributed by atoms with Crippen LogP contribution in [0.3, 0.4) is 0 Å². The SMILES string of the molecule is CN=C(NCCCc1nc2c(s1)CCCC2)NCc1ccc(C)cc1OC.I. The van der Waals surface area contributed by atoms with Crippen LogP contribution in [0.15, 0.2) is 23.2 Å². The Morgan fingerprint density at radius 2 is 2.07 bits per heavy atom. The lowest BCUT2D eigenvalue weighted by molar-refractivity contribution is 0.408. The number of halogens is 1. The molecule has 0 saturated carbocycles. The predicted molar refractivity (Wildman–Crippen MR) is 128 cm³/mol. The summed E-state index contributed by atoms with van der Waals surface area (Å²) < 4.78 is 5.47. The Kier molecular flexibility index (Phi) is 9.50. The largest absolute Gasteiger partial charge is 0.496 e. The summed E-state index contributed by atoms with van der Waals surface area (Å²) in [7, 11) is 3.51. The van der Waals surface area contributed by atoms with Crippen molar-refractivity contribution in [3.05, 3.63) is 44.9 Å². The van der Waals surface area contributed by atoms with Gasteiger partial charge < -0.3 is 15.4 Å². The highest BCUT2D eigenvalue weighted by atomic mass is 127. The smallest absolute Gasteiger partial charge is 0.191 e. The van der Waals surface area contributed by atoms with E-state index < -0.39 is 0 Å². The van der Waals surface area contributed by atoms with Gasteiger partial charge in [0.15, 0.2) is 5.96 Å². The third-order valence-corrected chi connectivity index (χ3v) is 6.08. The minimum Gasteiger partial charge on any atom is -0.496 e. The molecular formula is C21H31IN4OS. The normalized spacial score (nSPS) is 13.5. The minimum atomic E-state index is 0. The van der Waals surface area contributed by atoms with Crippen molar-refractivity contribution in [1.82, 2.24) is 15.6 Å². The van der Waals surface area contributed by atoms with Gasteiger partial charge in [-0.1, -0.05) is 12.1 Å². The van der Waals surface area contributed by atoms with Gasteiger partial charge in [-0.3, -0.25) is 4.99 Å². The van der Waals surface area contributed by atoms with Crippen LogP contribution < -0.4 is 15.4 Å². The van der Waals surface area contributed by atoms with Gasteiger partial charge in [0.25, 0.3) is 0 Å². The third kappa shape index (κ3) is 6.34. The molecule has 2 aromatic rings. The van der Waals surface area contributed by atoms with E-state index in [0.29, 0.717) is 6.54 Å². The summed E-state index contributed by atoms with van der Waals surface area (Å²) >= 11 is 1.91. The summed E-state index contributed by atoms with van der Waals surface area (Å²) in [6.45, 7) is 3.64. The minimum absolute atomic E-state index is 0. The molecule has 3 rings (SSSR count). The molecule has 0 atom stereocenters. The molecule has 0 amide bonds. The number of hydrogen-bond acceptors (Lipinski definition) is 4. The molecule has 1 aromatic heterocycles. The highest BCUT2D eigenvalue weighted by molar-refractivity contribution is 14.0. The fourth-order valence-electron chi connectivity index (χ4n) is 3.36. The fraction of sp³-hybridized carbons (Fsp3) is 0.524. The first-order chi connectivity index (χ1) is 13.2. The zero-order valence-electron chi connectivity index (χ0n) is 17.0. The standard InChI is InChI=1S/C21H30N4OS.HI/c1-15-10-11-16(18(13-15)26-3)14-24-21(22-2)23-12-6-9-20-25-17-7-4-5-8-19(17)27-20;/h10-11,13H,4-9,12,14H2,1-3H3,(H2,22,23,24);1H. The van der Waals surface area contributed by atoms with Crippen LogP contribution in [0.1, 0.15) is 46.0 Å². The zero-order valence-corrected chi connectivity index (χ0v) is 20.2. The molecule has 5 nitrogen and oxygen atoms in total. The van der Waals surface area contributed by atoms with Gasteiger partial charge in [-0.05, 0) is 50.7 Å². The summed E-state index contributed by atoms with van der Waals surface area (Å²) in [6.07, 6.45) is 7.11. The molecule has 28 heavy (non-hydrogen) atoms. The van der Waals surface area contributed by atoms with Gasteiger partial charge in [0.05, 0.1) is 17.8 Å². The summed E-state index contributed by atoms with van der Waals surface area (Å²) in [5, 5.41) is 8.05. The Balaban J connectivity index is 0.00000280. The number of methoxy groups -OCH3 is 1. The maximum absolute atomic E-state index is 5.47. The molecule has 1 aromatic carbocycles. The molecule has 7 heteroatoms. The molecular weight excluding hydrogens is 483 g/mol. The summed E-state index contributed by atoms with van der Waals surface area (Å²) in [4.78, 5) is 10.7. The van der Waals surface area contributed by atoms with Crippen LogP contribution in [0.25, 0.3) is 0 Å². The van der Waals surface area contributed by atoms with Crippen LogP contribution in [-0.4, -0.2) is 31.6 Å². The number of rotatable bonds is 7. The lowest BCUT2D eigenvalue weighted by Gasteiger charge is -2.14. The van der Waals surface area contributed by atoms with Gasteiger partial charge in [0.2, 0.25) is 0 Å². The lowest BCUT2D eigenvalue weighted by Crippen LogP contribution is -2.37. The van der Waals surface area contributed by atoms with Crippen molar-refractivity contribution in [3.8, 4) is 5.75 Å². The number of guanidine groups is 1. The third-order valence-electron chi connectivity index (χ3n) is 4.86. The van der Waals surface area contributed by atoms with Crippen LogP contribution in [-0.2, 0) is 25.8 Å². The number of fused-ring (bicyclic) bond motifs is 1. The average Bonchev–Trinajstić information content (AvgIpc) is 3.11. The molecule has 0 aliphatic heterocycles. The molecule has 1 aliphatic rings. The Hall–Kier alpha value is -1.35. The first-order valence-corrected chi connectivity index (χ1v) is 10.6. The van der Waals surface area contributed by atoms with Crippen LogP contribution in [0.4, 0.5) is 0 Å². The van der Waals surface area contributed by atoms with Crippen LogP contribution >= 0.6 is 35.3 Å². The summed E-state index contributed by atoms with van der Waals surface area (Å²) in [5.41, 5.74) is 3.68. The van der Waals surface area contributed by atoms with E-state index in [1.165, 1.54) is 46.8 Å². The number of hydrogen-bond donors (Lipinski definition) is 2. The van der Waals surface area contributed by atoms with Gasteiger partial charge in [0.1, 0.15) is 5.75 Å². The summed E-state index contributed by atoms with van der Waals surface area (Å²) in [6, 6.07) is 6.25. The Morgan fingerprint density at radius 1 is 1.25 bits per heavy atom. The van der Waals surface area contributed by atoms with Crippen LogP contribution in [0, 0.1) is 6.92 Å². The number of benzene rings is 1. The van der Waals surface area contributed by atoms with Gasteiger partial charge in [-0.2, -0.15) is 0 Å². The van der Waals surface area contributed by atoms with Gasteiger partial charge in [-0.15, -0.1) is 35.3 Å². The molecule has 0 unspecified atom stereocenters.